The van der Waals surface area contributed by atoms with Gasteiger partial charge in [-0.1, -0.05) is 30.7 Å². The second-order valence-electron chi connectivity index (χ2n) is 6.84. The minimum atomic E-state index is -3.68. The summed E-state index contributed by atoms with van der Waals surface area (Å²) >= 11 is 0. The molecule has 0 amide bonds. The topological polar surface area (TPSA) is 49.4 Å². The van der Waals surface area contributed by atoms with Gasteiger partial charge in [0.1, 0.15) is 5.82 Å². The van der Waals surface area contributed by atoms with Gasteiger partial charge in [0.15, 0.2) is 0 Å². The fourth-order valence-electron chi connectivity index (χ4n) is 3.28. The van der Waals surface area contributed by atoms with Gasteiger partial charge >= 0.3 is 0 Å². The molecule has 0 unspecified atom stereocenters. The van der Waals surface area contributed by atoms with Gasteiger partial charge in [0.2, 0.25) is 10.0 Å². The Morgan fingerprint density at radius 1 is 1.04 bits per heavy atom. The zero-order valence-corrected chi connectivity index (χ0v) is 15.9. The van der Waals surface area contributed by atoms with Crippen LogP contribution < -0.4 is 4.72 Å². The molecule has 0 spiro atoms. The van der Waals surface area contributed by atoms with E-state index in [1.807, 2.05) is 18.2 Å². The predicted molar refractivity (Wildman–Crippen MR) is 101 cm³/mol. The summed E-state index contributed by atoms with van der Waals surface area (Å²) < 4.78 is 41.1. The zero-order valence-electron chi connectivity index (χ0n) is 15.0. The highest BCUT2D eigenvalue weighted by molar-refractivity contribution is 7.89. The number of piperidine rings is 1. The molecule has 0 aliphatic carbocycles. The third kappa shape index (κ3) is 4.69. The normalized spacial score (nSPS) is 15.9. The van der Waals surface area contributed by atoms with Crippen LogP contribution >= 0.6 is 0 Å². The summed E-state index contributed by atoms with van der Waals surface area (Å²) in [7, 11) is -3.68. The maximum absolute atomic E-state index is 13.4. The molecule has 1 aliphatic rings. The zero-order chi connectivity index (χ0) is 18.6. The van der Waals surface area contributed by atoms with Crippen LogP contribution in [0.2, 0.25) is 0 Å². The van der Waals surface area contributed by atoms with Crippen molar-refractivity contribution in [2.75, 3.05) is 13.1 Å². The summed E-state index contributed by atoms with van der Waals surface area (Å²) in [5.74, 6) is -0.407. The van der Waals surface area contributed by atoms with Crippen LogP contribution in [0.15, 0.2) is 47.4 Å². The molecule has 140 valence electrons. The van der Waals surface area contributed by atoms with Gasteiger partial charge < -0.3 is 0 Å². The molecular weight excluding hydrogens is 351 g/mol. The molecule has 2 aromatic rings. The van der Waals surface area contributed by atoms with Crippen LogP contribution in [0.4, 0.5) is 4.39 Å². The second kappa shape index (κ2) is 8.29. The van der Waals surface area contributed by atoms with Crippen molar-refractivity contribution in [3.05, 3.63) is 65.0 Å². The third-order valence-corrected chi connectivity index (χ3v) is 6.25. The molecule has 1 heterocycles. The molecule has 26 heavy (non-hydrogen) atoms. The molecule has 3 rings (SSSR count). The van der Waals surface area contributed by atoms with Gasteiger partial charge in [0.05, 0.1) is 4.90 Å². The van der Waals surface area contributed by atoms with Crippen LogP contribution in [0.3, 0.4) is 0 Å². The summed E-state index contributed by atoms with van der Waals surface area (Å²) in [5.41, 5.74) is 2.44. The summed E-state index contributed by atoms with van der Waals surface area (Å²) in [6.07, 6.45) is 3.73. The molecule has 6 heteroatoms. The second-order valence-corrected chi connectivity index (χ2v) is 8.61. The summed E-state index contributed by atoms with van der Waals surface area (Å²) in [4.78, 5) is 2.50. The van der Waals surface area contributed by atoms with Crippen molar-refractivity contribution in [2.24, 2.45) is 0 Å². The smallest absolute Gasteiger partial charge is 0.240 e. The maximum atomic E-state index is 13.4. The number of hydrogen-bond acceptors (Lipinski definition) is 3. The number of hydrogen-bond donors (Lipinski definition) is 1. The van der Waals surface area contributed by atoms with Crippen molar-refractivity contribution in [2.45, 2.75) is 44.2 Å². The molecule has 0 radical (unpaired) electrons. The van der Waals surface area contributed by atoms with Crippen molar-refractivity contribution in [3.8, 4) is 0 Å². The van der Waals surface area contributed by atoms with E-state index in [-0.39, 0.29) is 11.4 Å². The molecule has 0 aromatic heterocycles. The lowest BCUT2D eigenvalue weighted by molar-refractivity contribution is 0.220. The molecule has 1 fully saturated rings. The number of likely N-dealkylation sites (tertiary alicyclic amines) is 1. The fourth-order valence-corrected chi connectivity index (χ4v) is 4.37. The number of aryl methyl sites for hydroxylation is 1. The van der Waals surface area contributed by atoms with E-state index in [0.717, 1.165) is 30.8 Å². The summed E-state index contributed by atoms with van der Waals surface area (Å²) in [6, 6.07) is 11.8. The minimum absolute atomic E-state index is 0.0879. The number of sulfonamides is 1. The Morgan fingerprint density at radius 3 is 2.42 bits per heavy atom. The summed E-state index contributed by atoms with van der Waals surface area (Å²) in [6.45, 7) is 4.81. The maximum Gasteiger partial charge on any atom is 0.240 e. The number of nitrogens with zero attached hydrogens (tertiary/aromatic N) is 1. The highest BCUT2D eigenvalue weighted by atomic mass is 32.2. The van der Waals surface area contributed by atoms with E-state index in [9.17, 15) is 12.8 Å². The van der Waals surface area contributed by atoms with E-state index in [2.05, 4.69) is 15.7 Å². The van der Waals surface area contributed by atoms with Crippen molar-refractivity contribution in [1.82, 2.24) is 9.62 Å². The summed E-state index contributed by atoms with van der Waals surface area (Å²) in [5, 5.41) is 0. The van der Waals surface area contributed by atoms with E-state index >= 15 is 0 Å². The quantitative estimate of drug-likeness (QED) is 0.838. The molecule has 1 saturated heterocycles. The van der Waals surface area contributed by atoms with Crippen LogP contribution in [0, 0.1) is 12.7 Å². The molecule has 1 aliphatic heterocycles. The van der Waals surface area contributed by atoms with Gasteiger partial charge in [-0.2, -0.15) is 0 Å². The van der Waals surface area contributed by atoms with Gasteiger partial charge in [-0.25, -0.2) is 17.5 Å². The Balaban J connectivity index is 1.71. The van der Waals surface area contributed by atoms with E-state index in [1.54, 1.807) is 6.92 Å². The number of halogens is 1. The number of benzene rings is 2. The first-order valence-electron chi connectivity index (χ1n) is 9.01. The molecule has 0 atom stereocenters. The van der Waals surface area contributed by atoms with Crippen LogP contribution in [0.5, 0.6) is 0 Å². The molecule has 0 bridgehead atoms. The average Bonchev–Trinajstić information content (AvgIpc) is 2.64. The molecule has 1 N–H and O–H groups in total. The fraction of sp³-hybridized carbons (Fsp3) is 0.400. The monoisotopic (exact) mass is 376 g/mol. The highest BCUT2D eigenvalue weighted by Crippen LogP contribution is 2.18. The van der Waals surface area contributed by atoms with Gasteiger partial charge in [-0.3, -0.25) is 4.90 Å². The third-order valence-electron chi connectivity index (χ3n) is 4.85. The van der Waals surface area contributed by atoms with Crippen molar-refractivity contribution in [1.29, 1.82) is 0 Å². The van der Waals surface area contributed by atoms with Crippen LogP contribution in [-0.2, 0) is 23.1 Å². The number of rotatable bonds is 6. The first-order valence-corrected chi connectivity index (χ1v) is 10.5. The lowest BCUT2D eigenvalue weighted by atomic mass is 10.1. The van der Waals surface area contributed by atoms with Crippen molar-refractivity contribution >= 4 is 10.0 Å². The number of nitrogens with one attached hydrogen (secondary N) is 1. The average molecular weight is 376 g/mol. The van der Waals surface area contributed by atoms with Gasteiger partial charge in [-0.15, -0.1) is 0 Å². The Morgan fingerprint density at radius 2 is 1.73 bits per heavy atom. The Kier molecular flexibility index (Phi) is 6.06. The van der Waals surface area contributed by atoms with Gasteiger partial charge in [0.25, 0.3) is 0 Å². The molecule has 4 nitrogen and oxygen atoms in total. The van der Waals surface area contributed by atoms with E-state index in [0.29, 0.717) is 5.56 Å². The Bertz CT molecular complexity index is 862. The standard InChI is InChI=1S/C20H25FN2O2S/c1-16-13-19(9-10-20(16)21)26(24,25)22-14-17-7-3-4-8-18(17)15-23-11-5-2-6-12-23/h3-4,7-10,13,22H,2,5-6,11-12,14-15H2,1H3. The Hall–Kier alpha value is -1.76. The van der Waals surface area contributed by atoms with E-state index in [4.69, 9.17) is 0 Å². The first kappa shape index (κ1) is 19.0. The van der Waals surface area contributed by atoms with Crippen LogP contribution in [0.25, 0.3) is 0 Å². The van der Waals surface area contributed by atoms with Crippen LogP contribution in [0.1, 0.15) is 36.0 Å². The van der Waals surface area contributed by atoms with E-state index in [1.165, 1.54) is 37.5 Å². The first-order chi connectivity index (χ1) is 12.5. The molecular formula is C20H25FN2O2S. The van der Waals surface area contributed by atoms with Gasteiger partial charge in [0, 0.05) is 13.1 Å². The van der Waals surface area contributed by atoms with E-state index < -0.39 is 15.8 Å². The predicted octanol–water partition coefficient (Wildman–Crippen LogP) is 3.60. The molecule has 2 aromatic carbocycles. The van der Waals surface area contributed by atoms with Crippen molar-refractivity contribution in [3.63, 3.8) is 0 Å². The lowest BCUT2D eigenvalue weighted by Crippen LogP contribution is -2.30. The van der Waals surface area contributed by atoms with Crippen LogP contribution in [-0.4, -0.2) is 26.4 Å². The minimum Gasteiger partial charge on any atom is -0.299 e. The SMILES string of the molecule is Cc1cc(S(=O)(=O)NCc2ccccc2CN2CCCCC2)ccc1F. The lowest BCUT2D eigenvalue weighted by Gasteiger charge is -2.27. The van der Waals surface area contributed by atoms with Crippen molar-refractivity contribution < 1.29 is 12.8 Å². The Labute approximate surface area is 155 Å². The van der Waals surface area contributed by atoms with Gasteiger partial charge in [-0.05, 0) is 67.7 Å². The molecule has 0 saturated carbocycles. The highest BCUT2D eigenvalue weighted by Gasteiger charge is 2.17. The largest absolute Gasteiger partial charge is 0.299 e.